The summed E-state index contributed by atoms with van der Waals surface area (Å²) >= 11 is 1.61. The SMILES string of the molecule is O=C(Nc1cccc(CSc2ncnc3[nH]ncc23)c1)N[C@H]1C[C@@H]1c1ccccc1. The molecular formula is C22H20N6OS. The number of anilines is 1. The summed E-state index contributed by atoms with van der Waals surface area (Å²) in [5.41, 5.74) is 3.88. The molecule has 1 fully saturated rings. The van der Waals surface area contributed by atoms with Gasteiger partial charge in [0, 0.05) is 23.4 Å². The van der Waals surface area contributed by atoms with E-state index in [0.29, 0.717) is 5.92 Å². The highest BCUT2D eigenvalue weighted by molar-refractivity contribution is 7.98. The second kappa shape index (κ2) is 8.16. The number of carbonyl (C=O) groups excluding carboxylic acids is 1. The largest absolute Gasteiger partial charge is 0.334 e. The van der Waals surface area contributed by atoms with Crippen molar-refractivity contribution in [3.05, 3.63) is 78.2 Å². The highest BCUT2D eigenvalue weighted by Gasteiger charge is 2.39. The first-order chi connectivity index (χ1) is 14.8. The molecule has 1 saturated carbocycles. The fourth-order valence-electron chi connectivity index (χ4n) is 3.51. The van der Waals surface area contributed by atoms with E-state index in [0.717, 1.165) is 39.5 Å². The van der Waals surface area contributed by atoms with Gasteiger partial charge in [-0.2, -0.15) is 5.10 Å². The van der Waals surface area contributed by atoms with Crippen LogP contribution in [0, 0.1) is 0 Å². The van der Waals surface area contributed by atoms with Crippen LogP contribution in [0.25, 0.3) is 11.0 Å². The predicted octanol–water partition coefficient (Wildman–Crippen LogP) is 4.32. The van der Waals surface area contributed by atoms with Crippen LogP contribution in [0.1, 0.15) is 23.5 Å². The minimum Gasteiger partial charge on any atom is -0.334 e. The van der Waals surface area contributed by atoms with Gasteiger partial charge in [0.2, 0.25) is 0 Å². The number of urea groups is 1. The van der Waals surface area contributed by atoms with Crippen LogP contribution in [0.15, 0.2) is 72.1 Å². The van der Waals surface area contributed by atoms with E-state index in [9.17, 15) is 4.79 Å². The minimum atomic E-state index is -0.167. The summed E-state index contributed by atoms with van der Waals surface area (Å²) in [6, 6.07) is 18.2. The molecule has 0 aliphatic heterocycles. The second-order valence-corrected chi connectivity index (χ2v) is 8.22. The average molecular weight is 417 g/mol. The van der Waals surface area contributed by atoms with E-state index in [2.05, 4.69) is 42.9 Å². The van der Waals surface area contributed by atoms with Crippen molar-refractivity contribution in [1.82, 2.24) is 25.5 Å². The van der Waals surface area contributed by atoms with Gasteiger partial charge in [0.15, 0.2) is 5.65 Å². The summed E-state index contributed by atoms with van der Waals surface area (Å²) in [4.78, 5) is 20.9. The molecule has 5 rings (SSSR count). The molecule has 30 heavy (non-hydrogen) atoms. The molecule has 0 bridgehead atoms. The number of amides is 2. The standard InChI is InChI=1S/C22H20N6OS/c29-22(27-19-10-17(19)15-6-2-1-3-7-15)26-16-8-4-5-14(9-16)12-30-21-18-11-25-28-20(18)23-13-24-21/h1-9,11,13,17,19H,10,12H2,(H2,26,27,29)(H,23,24,25,28)/t17-,19+/m1/s1. The zero-order valence-corrected chi connectivity index (χ0v) is 16.9. The Morgan fingerprint density at radius 3 is 2.93 bits per heavy atom. The summed E-state index contributed by atoms with van der Waals surface area (Å²) in [7, 11) is 0. The van der Waals surface area contributed by atoms with Crippen LogP contribution in [-0.4, -0.2) is 32.2 Å². The zero-order chi connectivity index (χ0) is 20.3. The number of rotatable bonds is 6. The molecular weight excluding hydrogens is 396 g/mol. The lowest BCUT2D eigenvalue weighted by molar-refractivity contribution is 0.251. The Labute approximate surface area is 177 Å². The number of nitrogens with zero attached hydrogens (tertiary/aromatic N) is 3. The Morgan fingerprint density at radius 2 is 2.03 bits per heavy atom. The maximum absolute atomic E-state index is 12.4. The zero-order valence-electron chi connectivity index (χ0n) is 16.1. The quantitative estimate of drug-likeness (QED) is 0.321. The summed E-state index contributed by atoms with van der Waals surface area (Å²) in [6.07, 6.45) is 4.25. The number of thioether (sulfide) groups is 1. The molecule has 150 valence electrons. The summed E-state index contributed by atoms with van der Waals surface area (Å²) in [6.45, 7) is 0. The number of aromatic amines is 1. The highest BCUT2D eigenvalue weighted by Crippen LogP contribution is 2.40. The van der Waals surface area contributed by atoms with Crippen molar-refractivity contribution < 1.29 is 4.79 Å². The molecule has 2 aromatic heterocycles. The molecule has 0 radical (unpaired) electrons. The van der Waals surface area contributed by atoms with Crippen LogP contribution in [0.2, 0.25) is 0 Å². The molecule has 0 saturated heterocycles. The monoisotopic (exact) mass is 416 g/mol. The third-order valence-corrected chi connectivity index (χ3v) is 6.18. The van der Waals surface area contributed by atoms with E-state index < -0.39 is 0 Å². The molecule has 1 aliphatic carbocycles. The van der Waals surface area contributed by atoms with E-state index in [1.165, 1.54) is 11.9 Å². The van der Waals surface area contributed by atoms with Crippen molar-refractivity contribution in [2.24, 2.45) is 0 Å². The van der Waals surface area contributed by atoms with Crippen LogP contribution in [0.5, 0.6) is 0 Å². The predicted molar refractivity (Wildman–Crippen MR) is 117 cm³/mol. The molecule has 8 heteroatoms. The average Bonchev–Trinajstić information content (AvgIpc) is 3.35. The van der Waals surface area contributed by atoms with Gasteiger partial charge < -0.3 is 10.6 Å². The number of hydrogen-bond acceptors (Lipinski definition) is 5. The molecule has 3 N–H and O–H groups in total. The normalized spacial score (nSPS) is 17.6. The fraction of sp³-hybridized carbons (Fsp3) is 0.182. The Hall–Kier alpha value is -3.39. The number of benzene rings is 2. The number of H-pyrrole nitrogens is 1. The summed E-state index contributed by atoms with van der Waals surface area (Å²) in [5, 5.41) is 14.7. The van der Waals surface area contributed by atoms with Crippen molar-refractivity contribution in [1.29, 1.82) is 0 Å². The number of carbonyl (C=O) groups is 1. The fourth-order valence-corrected chi connectivity index (χ4v) is 4.42. The molecule has 2 heterocycles. The van der Waals surface area contributed by atoms with Gasteiger partial charge in [-0.1, -0.05) is 42.5 Å². The first kappa shape index (κ1) is 18.6. The van der Waals surface area contributed by atoms with E-state index in [1.54, 1.807) is 18.0 Å². The first-order valence-corrected chi connectivity index (χ1v) is 10.7. The van der Waals surface area contributed by atoms with Crippen LogP contribution in [0.3, 0.4) is 0 Å². The molecule has 2 atom stereocenters. The Morgan fingerprint density at radius 1 is 1.13 bits per heavy atom. The van der Waals surface area contributed by atoms with E-state index in [-0.39, 0.29) is 12.1 Å². The van der Waals surface area contributed by atoms with Gasteiger partial charge in [0.1, 0.15) is 11.4 Å². The topological polar surface area (TPSA) is 95.6 Å². The maximum Gasteiger partial charge on any atom is 0.319 e. The van der Waals surface area contributed by atoms with Crippen LogP contribution in [0.4, 0.5) is 10.5 Å². The Kier molecular flexibility index (Phi) is 5.06. The van der Waals surface area contributed by atoms with Gasteiger partial charge in [0.05, 0.1) is 11.6 Å². The van der Waals surface area contributed by atoms with Crippen LogP contribution >= 0.6 is 11.8 Å². The van der Waals surface area contributed by atoms with Crippen molar-refractivity contribution >= 4 is 34.5 Å². The molecule has 7 nitrogen and oxygen atoms in total. The summed E-state index contributed by atoms with van der Waals surface area (Å²) in [5.74, 6) is 1.14. The van der Waals surface area contributed by atoms with Crippen molar-refractivity contribution in [3.8, 4) is 0 Å². The lowest BCUT2D eigenvalue weighted by atomic mass is 10.1. The second-order valence-electron chi connectivity index (χ2n) is 7.26. The van der Waals surface area contributed by atoms with Gasteiger partial charge in [-0.15, -0.1) is 11.8 Å². The van der Waals surface area contributed by atoms with E-state index in [1.807, 2.05) is 42.5 Å². The van der Waals surface area contributed by atoms with Gasteiger partial charge >= 0.3 is 6.03 Å². The number of nitrogens with one attached hydrogen (secondary N) is 3. The van der Waals surface area contributed by atoms with E-state index >= 15 is 0 Å². The summed E-state index contributed by atoms with van der Waals surface area (Å²) < 4.78 is 0. The van der Waals surface area contributed by atoms with Crippen LogP contribution in [-0.2, 0) is 5.75 Å². The third-order valence-electron chi connectivity index (χ3n) is 5.11. The Bertz CT molecular complexity index is 1180. The molecule has 0 unspecified atom stereocenters. The van der Waals surface area contributed by atoms with Crippen molar-refractivity contribution in [3.63, 3.8) is 0 Å². The van der Waals surface area contributed by atoms with Gasteiger partial charge in [-0.25, -0.2) is 14.8 Å². The highest BCUT2D eigenvalue weighted by atomic mass is 32.2. The maximum atomic E-state index is 12.4. The van der Waals surface area contributed by atoms with Gasteiger partial charge in [-0.05, 0) is 29.7 Å². The molecule has 2 amide bonds. The molecule has 1 aliphatic rings. The minimum absolute atomic E-state index is 0.167. The molecule has 2 aromatic carbocycles. The van der Waals surface area contributed by atoms with Crippen molar-refractivity contribution in [2.45, 2.75) is 29.2 Å². The lowest BCUT2D eigenvalue weighted by Crippen LogP contribution is -2.31. The number of fused-ring (bicyclic) bond motifs is 1. The molecule has 4 aromatic rings. The number of aromatic nitrogens is 4. The van der Waals surface area contributed by atoms with Crippen LogP contribution < -0.4 is 10.6 Å². The van der Waals surface area contributed by atoms with Crippen molar-refractivity contribution in [2.75, 3.05) is 5.32 Å². The smallest absolute Gasteiger partial charge is 0.319 e. The number of hydrogen-bond donors (Lipinski definition) is 3. The van der Waals surface area contributed by atoms with Gasteiger partial charge in [0.25, 0.3) is 0 Å². The van der Waals surface area contributed by atoms with E-state index in [4.69, 9.17) is 0 Å². The first-order valence-electron chi connectivity index (χ1n) is 9.74. The van der Waals surface area contributed by atoms with Gasteiger partial charge in [-0.3, -0.25) is 5.10 Å². The molecule has 0 spiro atoms. The lowest BCUT2D eigenvalue weighted by Gasteiger charge is -2.09. The third kappa shape index (κ3) is 4.13. The Balaban J connectivity index is 1.17.